The van der Waals surface area contributed by atoms with Crippen LogP contribution in [0.5, 0.6) is 5.75 Å². The van der Waals surface area contributed by atoms with E-state index in [4.69, 9.17) is 16.3 Å². The molecule has 0 spiro atoms. The van der Waals surface area contributed by atoms with Crippen LogP contribution in [-0.2, 0) is 0 Å². The van der Waals surface area contributed by atoms with Crippen molar-refractivity contribution in [1.82, 2.24) is 0 Å². The predicted octanol–water partition coefficient (Wildman–Crippen LogP) is 3.51. The van der Waals surface area contributed by atoms with Gasteiger partial charge >= 0.3 is 5.69 Å². The molecule has 1 amide bonds. The van der Waals surface area contributed by atoms with E-state index in [-0.39, 0.29) is 10.6 Å². The summed E-state index contributed by atoms with van der Waals surface area (Å²) in [5.41, 5.74) is -0.121. The van der Waals surface area contributed by atoms with Gasteiger partial charge in [-0.15, -0.1) is 0 Å². The number of carbonyl (C=O) groups excluding carboxylic acids is 1. The van der Waals surface area contributed by atoms with Crippen molar-refractivity contribution in [3.63, 3.8) is 0 Å². The van der Waals surface area contributed by atoms with E-state index in [1.165, 1.54) is 25.3 Å². The van der Waals surface area contributed by atoms with E-state index in [0.717, 1.165) is 0 Å². The van der Waals surface area contributed by atoms with E-state index in [2.05, 4.69) is 5.32 Å². The molecule has 21 heavy (non-hydrogen) atoms. The average Bonchev–Trinajstić information content (AvgIpc) is 2.47. The SMILES string of the molecule is COc1ccccc1NC(=O)c1cccc(Cl)c1[N+](=O)[O-]. The molecular weight excluding hydrogens is 296 g/mol. The third-order valence-corrected chi connectivity index (χ3v) is 3.07. The van der Waals surface area contributed by atoms with Gasteiger partial charge in [0.25, 0.3) is 5.91 Å². The number of para-hydroxylation sites is 3. The molecule has 0 aliphatic rings. The van der Waals surface area contributed by atoms with Gasteiger partial charge in [0.1, 0.15) is 16.3 Å². The van der Waals surface area contributed by atoms with Crippen LogP contribution in [0.25, 0.3) is 0 Å². The van der Waals surface area contributed by atoms with Crippen molar-refractivity contribution in [3.8, 4) is 5.75 Å². The first-order valence-corrected chi connectivity index (χ1v) is 6.29. The Bertz CT molecular complexity index is 703. The molecule has 0 aliphatic heterocycles. The zero-order valence-corrected chi connectivity index (χ0v) is 11.8. The number of benzene rings is 2. The van der Waals surface area contributed by atoms with Crippen LogP contribution in [0.15, 0.2) is 42.5 Å². The Hall–Kier alpha value is -2.60. The summed E-state index contributed by atoms with van der Waals surface area (Å²) in [5.74, 6) is -0.177. The van der Waals surface area contributed by atoms with E-state index >= 15 is 0 Å². The molecule has 0 bridgehead atoms. The highest BCUT2D eigenvalue weighted by Gasteiger charge is 2.24. The molecule has 0 aliphatic carbocycles. The van der Waals surface area contributed by atoms with Crippen molar-refractivity contribution < 1.29 is 14.5 Å². The lowest BCUT2D eigenvalue weighted by Gasteiger charge is -2.10. The van der Waals surface area contributed by atoms with Crippen LogP contribution in [-0.4, -0.2) is 17.9 Å². The smallest absolute Gasteiger partial charge is 0.300 e. The first-order chi connectivity index (χ1) is 10.0. The summed E-state index contributed by atoms with van der Waals surface area (Å²) in [7, 11) is 1.47. The van der Waals surface area contributed by atoms with E-state index in [9.17, 15) is 14.9 Å². The molecular formula is C14H11ClN2O4. The number of halogens is 1. The molecule has 0 unspecified atom stereocenters. The summed E-state index contributed by atoms with van der Waals surface area (Å²) in [6.45, 7) is 0. The maximum atomic E-state index is 12.2. The Labute approximate surface area is 125 Å². The molecule has 0 radical (unpaired) electrons. The molecule has 0 heterocycles. The Morgan fingerprint density at radius 3 is 2.62 bits per heavy atom. The van der Waals surface area contributed by atoms with E-state index in [0.29, 0.717) is 11.4 Å². The lowest BCUT2D eigenvalue weighted by molar-refractivity contribution is -0.385. The number of ether oxygens (including phenoxy) is 1. The van der Waals surface area contributed by atoms with Crippen molar-refractivity contribution >= 4 is 28.9 Å². The van der Waals surface area contributed by atoms with Crippen LogP contribution in [0.2, 0.25) is 5.02 Å². The summed E-state index contributed by atoms with van der Waals surface area (Å²) in [5, 5.41) is 13.5. The van der Waals surface area contributed by atoms with Gasteiger partial charge in [0.2, 0.25) is 0 Å². The molecule has 0 aromatic heterocycles. The number of anilines is 1. The molecule has 2 aromatic carbocycles. The summed E-state index contributed by atoms with van der Waals surface area (Å²) < 4.78 is 5.11. The van der Waals surface area contributed by atoms with Crippen LogP contribution >= 0.6 is 11.6 Å². The van der Waals surface area contributed by atoms with Crippen molar-refractivity contribution in [2.45, 2.75) is 0 Å². The monoisotopic (exact) mass is 306 g/mol. The van der Waals surface area contributed by atoms with Gasteiger partial charge in [-0.3, -0.25) is 14.9 Å². The van der Waals surface area contributed by atoms with Gasteiger partial charge in [0, 0.05) is 0 Å². The number of nitrogens with zero attached hydrogens (tertiary/aromatic N) is 1. The normalized spacial score (nSPS) is 10.0. The summed E-state index contributed by atoms with van der Waals surface area (Å²) in [6, 6.07) is 10.9. The molecule has 2 aromatic rings. The maximum absolute atomic E-state index is 12.2. The number of hydrogen-bond donors (Lipinski definition) is 1. The molecule has 0 saturated carbocycles. The number of carbonyl (C=O) groups is 1. The summed E-state index contributed by atoms with van der Waals surface area (Å²) >= 11 is 5.78. The van der Waals surface area contributed by atoms with Crippen molar-refractivity contribution in [3.05, 3.63) is 63.2 Å². The number of nitro groups is 1. The van der Waals surface area contributed by atoms with E-state index in [1.54, 1.807) is 24.3 Å². The van der Waals surface area contributed by atoms with Crippen LogP contribution < -0.4 is 10.1 Å². The number of rotatable bonds is 4. The van der Waals surface area contributed by atoms with E-state index < -0.39 is 16.5 Å². The third kappa shape index (κ3) is 3.11. The summed E-state index contributed by atoms with van der Waals surface area (Å²) in [4.78, 5) is 22.6. The number of hydrogen-bond acceptors (Lipinski definition) is 4. The zero-order chi connectivity index (χ0) is 15.4. The molecule has 2 rings (SSSR count). The van der Waals surface area contributed by atoms with Crippen LogP contribution in [0.4, 0.5) is 11.4 Å². The Morgan fingerprint density at radius 2 is 1.95 bits per heavy atom. The fourth-order valence-corrected chi connectivity index (χ4v) is 2.07. The molecule has 0 saturated heterocycles. The quantitative estimate of drug-likeness (QED) is 0.692. The van der Waals surface area contributed by atoms with Gasteiger partial charge in [-0.05, 0) is 24.3 Å². The topological polar surface area (TPSA) is 81.5 Å². The second-order valence-electron chi connectivity index (χ2n) is 4.05. The minimum absolute atomic E-state index is 0.0901. The molecule has 6 nitrogen and oxygen atoms in total. The van der Waals surface area contributed by atoms with Crippen molar-refractivity contribution in [1.29, 1.82) is 0 Å². The number of amides is 1. The Kier molecular flexibility index (Phi) is 4.39. The molecule has 0 atom stereocenters. The minimum atomic E-state index is -0.681. The van der Waals surface area contributed by atoms with Gasteiger partial charge in [-0.2, -0.15) is 0 Å². The Morgan fingerprint density at radius 1 is 1.24 bits per heavy atom. The first kappa shape index (κ1) is 14.8. The zero-order valence-electron chi connectivity index (χ0n) is 11.0. The first-order valence-electron chi connectivity index (χ1n) is 5.92. The fraction of sp³-hybridized carbons (Fsp3) is 0.0714. The van der Waals surface area contributed by atoms with Gasteiger partial charge in [-0.25, -0.2) is 0 Å². The standard InChI is InChI=1S/C14H11ClN2O4/c1-21-12-8-3-2-7-11(12)16-14(18)9-5-4-6-10(15)13(9)17(19)20/h2-8H,1H3,(H,16,18). The summed E-state index contributed by atoms with van der Waals surface area (Å²) in [6.07, 6.45) is 0. The predicted molar refractivity (Wildman–Crippen MR) is 79.1 cm³/mol. The van der Waals surface area contributed by atoms with Crippen molar-refractivity contribution in [2.75, 3.05) is 12.4 Å². The van der Waals surface area contributed by atoms with Gasteiger partial charge < -0.3 is 10.1 Å². The van der Waals surface area contributed by atoms with Crippen LogP contribution in [0.3, 0.4) is 0 Å². The van der Waals surface area contributed by atoms with Gasteiger partial charge in [0.15, 0.2) is 0 Å². The lowest BCUT2D eigenvalue weighted by Crippen LogP contribution is -2.14. The van der Waals surface area contributed by atoms with Gasteiger partial charge in [-0.1, -0.05) is 29.8 Å². The molecule has 0 fully saturated rings. The largest absolute Gasteiger partial charge is 0.495 e. The lowest BCUT2D eigenvalue weighted by atomic mass is 10.1. The highest BCUT2D eigenvalue weighted by atomic mass is 35.5. The van der Waals surface area contributed by atoms with Crippen LogP contribution in [0, 0.1) is 10.1 Å². The molecule has 108 valence electrons. The maximum Gasteiger partial charge on any atom is 0.300 e. The second kappa shape index (κ2) is 6.23. The van der Waals surface area contributed by atoms with Crippen LogP contribution in [0.1, 0.15) is 10.4 Å². The van der Waals surface area contributed by atoms with Gasteiger partial charge in [0.05, 0.1) is 17.7 Å². The minimum Gasteiger partial charge on any atom is -0.495 e. The third-order valence-electron chi connectivity index (χ3n) is 2.77. The molecule has 1 N–H and O–H groups in total. The Balaban J connectivity index is 2.38. The second-order valence-corrected chi connectivity index (χ2v) is 4.45. The molecule has 7 heteroatoms. The highest BCUT2D eigenvalue weighted by molar-refractivity contribution is 6.33. The fourth-order valence-electron chi connectivity index (χ4n) is 1.82. The number of methoxy groups -OCH3 is 1. The number of nitro benzene ring substituents is 1. The van der Waals surface area contributed by atoms with Crippen molar-refractivity contribution in [2.24, 2.45) is 0 Å². The highest BCUT2D eigenvalue weighted by Crippen LogP contribution is 2.30. The average molecular weight is 307 g/mol. The van der Waals surface area contributed by atoms with E-state index in [1.807, 2.05) is 0 Å². The number of nitrogens with one attached hydrogen (secondary N) is 1.